The molecule has 0 saturated carbocycles. The number of hydrogen-bond acceptors (Lipinski definition) is 5. The van der Waals surface area contributed by atoms with Gasteiger partial charge in [0.15, 0.2) is 5.76 Å². The van der Waals surface area contributed by atoms with Gasteiger partial charge in [-0.15, -0.1) is 0 Å². The first-order chi connectivity index (χ1) is 10.5. The summed E-state index contributed by atoms with van der Waals surface area (Å²) in [6.45, 7) is 22.6. The van der Waals surface area contributed by atoms with E-state index in [0.29, 0.717) is 5.76 Å². The Labute approximate surface area is 131 Å². The molecule has 8 nitrogen and oxygen atoms in total. The minimum atomic E-state index is -1.18. The average Bonchev–Trinajstić information content (AvgIpc) is 2.55. The zero-order valence-electron chi connectivity index (χ0n) is 13.3. The van der Waals surface area contributed by atoms with Crippen LogP contribution in [0.1, 0.15) is 0 Å². The van der Waals surface area contributed by atoms with Crippen LogP contribution >= 0.6 is 0 Å². The number of ether oxygens (including phenoxy) is 4. The molecule has 8 heteroatoms. The van der Waals surface area contributed by atoms with E-state index in [1.54, 1.807) is 6.07 Å². The molecule has 0 unspecified atom stereocenters. The van der Waals surface area contributed by atoms with Gasteiger partial charge in [-0.1, -0.05) is 6.58 Å². The molecule has 120 valence electrons. The Hall–Kier alpha value is -2.62. The fourth-order valence-electron chi connectivity index (χ4n) is 0.729. The van der Waals surface area contributed by atoms with Crippen LogP contribution in [0.3, 0.4) is 0 Å². The fraction of sp³-hybridized carbons (Fsp3) is 0.571. The van der Waals surface area contributed by atoms with Crippen molar-refractivity contribution >= 4 is 0 Å². The zero-order valence-corrected chi connectivity index (χ0v) is 13.3. The molecule has 0 bridgehead atoms. The number of nitrogens with zero attached hydrogens (tertiary/aromatic N) is 4. The van der Waals surface area contributed by atoms with Crippen molar-refractivity contribution in [1.82, 2.24) is 0 Å². The molecule has 0 aliphatic carbocycles. The minimum absolute atomic E-state index is 0.0139. The van der Waals surface area contributed by atoms with Crippen molar-refractivity contribution in [2.75, 3.05) is 48.1 Å². The molecule has 0 aromatic heterocycles. The fourth-order valence-corrected chi connectivity index (χ4v) is 0.729. The maximum absolute atomic E-state index is 7.60. The predicted octanol–water partition coefficient (Wildman–Crippen LogP) is 1.99. The molecule has 0 aromatic carbocycles. The lowest BCUT2D eigenvalue weighted by atomic mass is 10.5. The maximum Gasteiger partial charge on any atom is 0.359 e. The number of rotatable bonds is 6. The molecular formula is C14H20N4O4. The van der Waals surface area contributed by atoms with Gasteiger partial charge in [0.1, 0.15) is 6.07 Å². The first-order valence-corrected chi connectivity index (χ1v) is 5.71. The van der Waals surface area contributed by atoms with Crippen molar-refractivity contribution in [1.29, 1.82) is 5.26 Å². The highest BCUT2D eigenvalue weighted by molar-refractivity contribution is 4.90. The summed E-state index contributed by atoms with van der Waals surface area (Å²) in [5.74, 6) is -0.656. The molecule has 22 heavy (non-hydrogen) atoms. The van der Waals surface area contributed by atoms with E-state index < -0.39 is 5.97 Å². The second-order valence-electron chi connectivity index (χ2n) is 3.14. The predicted molar refractivity (Wildman–Crippen MR) is 79.9 cm³/mol. The minimum Gasteiger partial charge on any atom is -0.494 e. The molecule has 0 N–H and O–H groups in total. The maximum atomic E-state index is 7.60. The average molecular weight is 308 g/mol. The number of hydrogen-bond donors (Lipinski definition) is 0. The van der Waals surface area contributed by atoms with E-state index in [4.69, 9.17) is 39.2 Å². The first-order valence-electron chi connectivity index (χ1n) is 5.71. The Bertz CT molecular complexity index is 427. The Balaban J connectivity index is -0.000000263. The standard InChI is InChI=1S/C6H11NO3.C5H7NO.C3H2N2/c1-7-5-6(8-2,9-3)10-4;1-5(7-3)4-6-2;1-5-3-2-4/h5H2,2-4H3;1,4H2,3H3;3H2. The van der Waals surface area contributed by atoms with Crippen LogP contribution in [-0.4, -0.2) is 54.0 Å². The van der Waals surface area contributed by atoms with E-state index in [0.717, 1.165) is 0 Å². The van der Waals surface area contributed by atoms with Crippen molar-refractivity contribution in [3.8, 4) is 6.07 Å². The molecule has 0 spiro atoms. The molecule has 0 aliphatic rings. The summed E-state index contributed by atoms with van der Waals surface area (Å²) in [5, 5.41) is 7.60. The second kappa shape index (κ2) is 18.4. The van der Waals surface area contributed by atoms with Gasteiger partial charge in [-0.05, 0) is 0 Å². The van der Waals surface area contributed by atoms with E-state index in [2.05, 4.69) is 25.9 Å². The highest BCUT2D eigenvalue weighted by Crippen LogP contribution is 2.11. The van der Waals surface area contributed by atoms with Crippen molar-refractivity contribution in [2.45, 2.75) is 5.97 Å². The quantitative estimate of drug-likeness (QED) is 0.325. The molecule has 0 aliphatic heterocycles. The summed E-state index contributed by atoms with van der Waals surface area (Å²) in [5.41, 5.74) is 0. The lowest BCUT2D eigenvalue weighted by Gasteiger charge is -2.22. The summed E-state index contributed by atoms with van der Waals surface area (Å²) in [6, 6.07) is 1.66. The third kappa shape index (κ3) is 15.4. The lowest BCUT2D eigenvalue weighted by Crippen LogP contribution is -2.38. The molecule has 0 atom stereocenters. The van der Waals surface area contributed by atoms with E-state index in [1.165, 1.54) is 28.4 Å². The normalized spacial score (nSPS) is 8.18. The van der Waals surface area contributed by atoms with Crippen LogP contribution in [0, 0.1) is 31.0 Å². The molecule has 0 saturated heterocycles. The van der Waals surface area contributed by atoms with Crippen LogP contribution in [-0.2, 0) is 18.9 Å². The van der Waals surface area contributed by atoms with Crippen LogP contribution in [0.25, 0.3) is 14.5 Å². The van der Waals surface area contributed by atoms with Gasteiger partial charge in [0, 0.05) is 21.3 Å². The monoisotopic (exact) mass is 308 g/mol. The van der Waals surface area contributed by atoms with E-state index in [9.17, 15) is 0 Å². The van der Waals surface area contributed by atoms with E-state index in [-0.39, 0.29) is 19.6 Å². The molecule has 0 fully saturated rings. The molecule has 0 radical (unpaired) electrons. The SMILES string of the molecule is [C-]#[N+]CC#N.[C-]#[N+]CC(=C)OC.[C-]#[N+]CC(OC)(OC)OC. The number of nitriles is 1. The van der Waals surface area contributed by atoms with Gasteiger partial charge >= 0.3 is 5.97 Å². The second-order valence-corrected chi connectivity index (χ2v) is 3.14. The zero-order chi connectivity index (χ0) is 17.9. The third-order valence-corrected chi connectivity index (χ3v) is 1.90. The van der Waals surface area contributed by atoms with Crippen LogP contribution < -0.4 is 0 Å². The summed E-state index contributed by atoms with van der Waals surface area (Å²) in [7, 11) is 5.79. The molecular weight excluding hydrogens is 288 g/mol. The van der Waals surface area contributed by atoms with E-state index >= 15 is 0 Å². The largest absolute Gasteiger partial charge is 0.494 e. The molecule has 0 aromatic rings. The smallest absolute Gasteiger partial charge is 0.359 e. The van der Waals surface area contributed by atoms with Crippen LogP contribution in [0.15, 0.2) is 12.3 Å². The van der Waals surface area contributed by atoms with Gasteiger partial charge in [0.2, 0.25) is 0 Å². The van der Waals surface area contributed by atoms with Gasteiger partial charge in [-0.25, -0.2) is 19.7 Å². The van der Waals surface area contributed by atoms with E-state index in [1.807, 2.05) is 0 Å². The Morgan fingerprint density at radius 1 is 1.05 bits per heavy atom. The Morgan fingerprint density at radius 2 is 1.55 bits per heavy atom. The van der Waals surface area contributed by atoms with Gasteiger partial charge in [0.25, 0.3) is 19.6 Å². The summed E-state index contributed by atoms with van der Waals surface area (Å²) in [4.78, 5) is 8.87. The molecule has 0 heterocycles. The number of methoxy groups -OCH3 is 4. The lowest BCUT2D eigenvalue weighted by molar-refractivity contribution is -0.341. The van der Waals surface area contributed by atoms with Crippen LogP contribution in [0.5, 0.6) is 0 Å². The van der Waals surface area contributed by atoms with Gasteiger partial charge in [-0.2, -0.15) is 5.26 Å². The van der Waals surface area contributed by atoms with Crippen molar-refractivity contribution < 1.29 is 18.9 Å². The van der Waals surface area contributed by atoms with Gasteiger partial charge < -0.3 is 33.5 Å². The van der Waals surface area contributed by atoms with Crippen LogP contribution in [0.2, 0.25) is 0 Å². The highest BCUT2D eigenvalue weighted by atomic mass is 16.9. The summed E-state index contributed by atoms with van der Waals surface area (Å²) < 4.78 is 19.0. The Kier molecular flexibility index (Phi) is 20.4. The van der Waals surface area contributed by atoms with Crippen LogP contribution in [0.4, 0.5) is 0 Å². The summed E-state index contributed by atoms with van der Waals surface area (Å²) >= 11 is 0. The molecule has 0 rings (SSSR count). The first kappa shape index (κ1) is 24.4. The highest BCUT2D eigenvalue weighted by Gasteiger charge is 2.33. The topological polar surface area (TPSA) is 73.8 Å². The van der Waals surface area contributed by atoms with Gasteiger partial charge in [0.05, 0.1) is 7.11 Å². The van der Waals surface area contributed by atoms with Crippen molar-refractivity contribution in [2.24, 2.45) is 0 Å². The third-order valence-electron chi connectivity index (χ3n) is 1.90. The van der Waals surface area contributed by atoms with Crippen molar-refractivity contribution in [3.05, 3.63) is 46.6 Å². The molecule has 0 amide bonds. The van der Waals surface area contributed by atoms with Crippen molar-refractivity contribution in [3.63, 3.8) is 0 Å². The Morgan fingerprint density at radius 3 is 1.64 bits per heavy atom. The summed E-state index contributed by atoms with van der Waals surface area (Å²) in [6.07, 6.45) is 0. The van der Waals surface area contributed by atoms with Gasteiger partial charge in [-0.3, -0.25) is 0 Å².